The lowest BCUT2D eigenvalue weighted by molar-refractivity contribution is 0.495. The van der Waals surface area contributed by atoms with Gasteiger partial charge in [0.1, 0.15) is 4.88 Å². The van der Waals surface area contributed by atoms with Crippen molar-refractivity contribution in [1.82, 2.24) is 25.1 Å². The van der Waals surface area contributed by atoms with Crippen LogP contribution < -0.4 is 5.32 Å². The zero-order valence-corrected chi connectivity index (χ0v) is 11.5. The Morgan fingerprint density at radius 3 is 2.89 bits per heavy atom. The van der Waals surface area contributed by atoms with Gasteiger partial charge in [0.25, 0.3) is 5.89 Å². The molecule has 1 N–H and O–H groups in total. The van der Waals surface area contributed by atoms with Crippen molar-refractivity contribution in [3.8, 4) is 10.8 Å². The molecule has 0 radical (unpaired) electrons. The number of aryl methyl sites for hydroxylation is 2. The highest BCUT2D eigenvalue weighted by Gasteiger charge is 2.16. The van der Waals surface area contributed by atoms with Crippen LogP contribution in [0.5, 0.6) is 0 Å². The smallest absolute Gasteiger partial charge is 0.261 e. The lowest BCUT2D eigenvalue weighted by atomic mass is 10.2. The highest BCUT2D eigenvalue weighted by atomic mass is 32.1. The van der Waals surface area contributed by atoms with E-state index in [1.807, 2.05) is 7.05 Å². The Balaban J connectivity index is 2.06. The van der Waals surface area contributed by atoms with Crippen molar-refractivity contribution in [1.29, 1.82) is 0 Å². The molecule has 0 unspecified atom stereocenters. The topological polar surface area (TPSA) is 76.7 Å². The number of nitrogens with zero attached hydrogens (tertiary/aromatic N) is 4. The number of aromatic nitrogens is 4. The Morgan fingerprint density at radius 2 is 2.11 bits per heavy atom. The maximum atomic E-state index is 5.64. The molecular formula is C11H17N5OS. The number of hydrogen-bond donors (Lipinski definition) is 1. The molecule has 0 bridgehead atoms. The molecule has 0 aromatic carbocycles. The zero-order chi connectivity index (χ0) is 12.8. The Hall–Kier alpha value is -1.34. The molecule has 0 fully saturated rings. The zero-order valence-electron chi connectivity index (χ0n) is 10.6. The highest BCUT2D eigenvalue weighted by molar-refractivity contribution is 7.09. The Bertz CT molecular complexity index is 481. The summed E-state index contributed by atoms with van der Waals surface area (Å²) in [5.41, 5.74) is 0.952. The van der Waals surface area contributed by atoms with Gasteiger partial charge in [-0.3, -0.25) is 0 Å². The Morgan fingerprint density at radius 1 is 1.22 bits per heavy atom. The van der Waals surface area contributed by atoms with Crippen LogP contribution in [-0.4, -0.2) is 33.4 Å². The van der Waals surface area contributed by atoms with E-state index in [0.717, 1.165) is 42.8 Å². The fraction of sp³-hybridized carbons (Fsp3) is 0.636. The molecule has 0 aliphatic rings. The van der Waals surface area contributed by atoms with Gasteiger partial charge in [0.15, 0.2) is 0 Å². The van der Waals surface area contributed by atoms with E-state index in [1.165, 1.54) is 11.5 Å². The van der Waals surface area contributed by atoms with E-state index >= 15 is 0 Å². The van der Waals surface area contributed by atoms with Crippen molar-refractivity contribution < 1.29 is 4.42 Å². The van der Waals surface area contributed by atoms with E-state index in [2.05, 4.69) is 32.0 Å². The molecule has 0 saturated carbocycles. The number of hydrogen-bond acceptors (Lipinski definition) is 7. The predicted molar refractivity (Wildman–Crippen MR) is 69.4 cm³/mol. The minimum absolute atomic E-state index is 0.549. The fourth-order valence-corrected chi connectivity index (χ4v) is 2.26. The normalized spacial score (nSPS) is 11.0. The van der Waals surface area contributed by atoms with Crippen molar-refractivity contribution in [2.24, 2.45) is 0 Å². The summed E-state index contributed by atoms with van der Waals surface area (Å²) in [5, 5.41) is 15.3. The first kappa shape index (κ1) is 13.1. The van der Waals surface area contributed by atoms with Crippen LogP contribution in [0.25, 0.3) is 10.8 Å². The summed E-state index contributed by atoms with van der Waals surface area (Å²) < 4.78 is 9.60. The first-order chi connectivity index (χ1) is 8.85. The molecule has 0 aliphatic heterocycles. The lowest BCUT2D eigenvalue weighted by Gasteiger charge is -1.95. The second kappa shape index (κ2) is 6.55. The molecule has 2 heterocycles. The van der Waals surface area contributed by atoms with Gasteiger partial charge in [-0.2, -0.15) is 0 Å². The molecule has 0 atom stereocenters. The monoisotopic (exact) mass is 267 g/mol. The van der Waals surface area contributed by atoms with Crippen LogP contribution in [0, 0.1) is 0 Å². The van der Waals surface area contributed by atoms with Crippen molar-refractivity contribution in [2.75, 3.05) is 13.6 Å². The third kappa shape index (κ3) is 3.11. The Labute approximate surface area is 110 Å². The van der Waals surface area contributed by atoms with Gasteiger partial charge in [-0.25, -0.2) is 0 Å². The van der Waals surface area contributed by atoms with Crippen molar-refractivity contribution in [3.63, 3.8) is 0 Å². The summed E-state index contributed by atoms with van der Waals surface area (Å²) in [4.78, 5) is 0.907. The molecule has 98 valence electrons. The van der Waals surface area contributed by atoms with E-state index < -0.39 is 0 Å². The molecule has 2 rings (SSSR count). The van der Waals surface area contributed by atoms with Crippen LogP contribution in [0.4, 0.5) is 0 Å². The second-order valence-corrected chi connectivity index (χ2v) is 4.76. The summed E-state index contributed by atoms with van der Waals surface area (Å²) in [6.45, 7) is 3.06. The van der Waals surface area contributed by atoms with E-state index in [4.69, 9.17) is 4.42 Å². The lowest BCUT2D eigenvalue weighted by Crippen LogP contribution is -2.08. The van der Waals surface area contributed by atoms with Gasteiger partial charge in [-0.15, -0.1) is 15.3 Å². The van der Waals surface area contributed by atoms with Crippen LogP contribution >= 0.6 is 11.5 Å². The highest BCUT2D eigenvalue weighted by Crippen LogP contribution is 2.25. The first-order valence-corrected chi connectivity index (χ1v) is 6.91. The maximum absolute atomic E-state index is 5.64. The molecular weight excluding hydrogens is 250 g/mol. The van der Waals surface area contributed by atoms with E-state index in [1.54, 1.807) is 0 Å². The standard InChI is InChI=1S/C11H17N5OS/c1-3-5-8-10(18-16-13-8)11-15-14-9(17-11)6-4-7-12-2/h12H,3-7H2,1-2H3. The summed E-state index contributed by atoms with van der Waals surface area (Å²) >= 11 is 1.31. The van der Waals surface area contributed by atoms with Crippen molar-refractivity contribution >= 4 is 11.5 Å². The molecule has 0 saturated heterocycles. The third-order valence-electron chi connectivity index (χ3n) is 2.52. The Kier molecular flexibility index (Phi) is 4.77. The van der Waals surface area contributed by atoms with Crippen molar-refractivity contribution in [2.45, 2.75) is 32.6 Å². The predicted octanol–water partition coefficient (Wildman–Crippen LogP) is 1.69. The van der Waals surface area contributed by atoms with Crippen molar-refractivity contribution in [3.05, 3.63) is 11.6 Å². The molecule has 6 nitrogen and oxygen atoms in total. The van der Waals surface area contributed by atoms with Crippen LogP contribution in [0.15, 0.2) is 4.42 Å². The minimum atomic E-state index is 0.549. The first-order valence-electron chi connectivity index (χ1n) is 6.13. The summed E-state index contributed by atoms with van der Waals surface area (Å²) in [6, 6.07) is 0. The van der Waals surface area contributed by atoms with Gasteiger partial charge in [-0.1, -0.05) is 17.8 Å². The van der Waals surface area contributed by atoms with Gasteiger partial charge < -0.3 is 9.73 Å². The number of rotatable bonds is 7. The van der Waals surface area contributed by atoms with Crippen LogP contribution in [-0.2, 0) is 12.8 Å². The third-order valence-corrected chi connectivity index (χ3v) is 3.28. The summed E-state index contributed by atoms with van der Waals surface area (Å²) in [5.74, 6) is 1.23. The van der Waals surface area contributed by atoms with Gasteiger partial charge >= 0.3 is 0 Å². The quantitative estimate of drug-likeness (QED) is 0.769. The van der Waals surface area contributed by atoms with Gasteiger partial charge in [0, 0.05) is 6.42 Å². The average molecular weight is 267 g/mol. The van der Waals surface area contributed by atoms with E-state index in [9.17, 15) is 0 Å². The van der Waals surface area contributed by atoms with Gasteiger partial charge in [0.05, 0.1) is 5.69 Å². The fourth-order valence-electron chi connectivity index (χ4n) is 1.63. The molecule has 2 aromatic heterocycles. The molecule has 0 amide bonds. The van der Waals surface area contributed by atoms with Crippen LogP contribution in [0.2, 0.25) is 0 Å². The summed E-state index contributed by atoms with van der Waals surface area (Å²) in [6.07, 6.45) is 3.70. The van der Waals surface area contributed by atoms with Gasteiger partial charge in [-0.05, 0) is 38.0 Å². The molecule has 0 spiro atoms. The van der Waals surface area contributed by atoms with Crippen LogP contribution in [0.1, 0.15) is 31.4 Å². The average Bonchev–Trinajstić information content (AvgIpc) is 2.98. The van der Waals surface area contributed by atoms with Crippen LogP contribution in [0.3, 0.4) is 0 Å². The van der Waals surface area contributed by atoms with E-state index in [-0.39, 0.29) is 0 Å². The maximum Gasteiger partial charge on any atom is 0.261 e. The molecule has 2 aromatic rings. The molecule has 7 heteroatoms. The summed E-state index contributed by atoms with van der Waals surface area (Å²) in [7, 11) is 1.93. The minimum Gasteiger partial charge on any atom is -0.420 e. The largest absolute Gasteiger partial charge is 0.420 e. The van der Waals surface area contributed by atoms with Gasteiger partial charge in [0.2, 0.25) is 5.89 Å². The molecule has 18 heavy (non-hydrogen) atoms. The second-order valence-electron chi connectivity index (χ2n) is 4.01. The van der Waals surface area contributed by atoms with E-state index in [0.29, 0.717) is 11.8 Å². The molecule has 0 aliphatic carbocycles. The number of nitrogens with one attached hydrogen (secondary N) is 1. The SMILES string of the molecule is CCCc1nnsc1-c1nnc(CCCNC)o1.